The Balaban J connectivity index is 2.60. The number of aliphatic carboxylic acids is 1. The van der Waals surface area contributed by atoms with Gasteiger partial charge in [0.15, 0.2) is 0 Å². The molecule has 0 aliphatic heterocycles. The zero-order valence-electron chi connectivity index (χ0n) is 7.58. The van der Waals surface area contributed by atoms with E-state index in [9.17, 15) is 9.90 Å². The molecule has 0 spiro atoms. The van der Waals surface area contributed by atoms with E-state index in [-0.39, 0.29) is 11.8 Å². The maximum atomic E-state index is 10.6. The van der Waals surface area contributed by atoms with Crippen molar-refractivity contribution in [1.82, 2.24) is 0 Å². The van der Waals surface area contributed by atoms with E-state index < -0.39 is 11.6 Å². The van der Waals surface area contributed by atoms with Gasteiger partial charge in [-0.25, -0.2) is 0 Å². The molecular weight excluding hydrogens is 156 g/mol. The molecule has 0 aromatic heterocycles. The molecule has 3 heteroatoms. The molecule has 0 aromatic carbocycles. The third-order valence-electron chi connectivity index (χ3n) is 2.95. The fraction of sp³-hybridized carbons (Fsp3) is 0.889. The summed E-state index contributed by atoms with van der Waals surface area (Å²) in [6.07, 6.45) is 1.66. The second-order valence-electron chi connectivity index (χ2n) is 4.04. The van der Waals surface area contributed by atoms with E-state index in [1.807, 2.05) is 13.8 Å². The fourth-order valence-electron chi connectivity index (χ4n) is 1.79. The number of carbonyl (C=O) groups is 1. The van der Waals surface area contributed by atoms with Gasteiger partial charge in [-0.05, 0) is 25.2 Å². The minimum absolute atomic E-state index is 0.154. The molecule has 0 bridgehead atoms. The van der Waals surface area contributed by atoms with Crippen molar-refractivity contribution in [1.29, 1.82) is 0 Å². The molecule has 0 saturated heterocycles. The van der Waals surface area contributed by atoms with E-state index >= 15 is 0 Å². The van der Waals surface area contributed by atoms with Crippen LogP contribution in [0.3, 0.4) is 0 Å². The summed E-state index contributed by atoms with van der Waals surface area (Å²) in [5.74, 6) is -0.953. The van der Waals surface area contributed by atoms with Gasteiger partial charge < -0.3 is 10.2 Å². The van der Waals surface area contributed by atoms with Crippen molar-refractivity contribution in [2.24, 2.45) is 11.8 Å². The molecule has 12 heavy (non-hydrogen) atoms. The van der Waals surface area contributed by atoms with Crippen molar-refractivity contribution in [3.8, 4) is 0 Å². The van der Waals surface area contributed by atoms with Gasteiger partial charge in [-0.2, -0.15) is 0 Å². The van der Waals surface area contributed by atoms with Crippen LogP contribution in [-0.2, 0) is 4.79 Å². The van der Waals surface area contributed by atoms with Crippen molar-refractivity contribution in [2.75, 3.05) is 0 Å². The molecule has 70 valence electrons. The largest absolute Gasteiger partial charge is 0.481 e. The molecule has 2 atom stereocenters. The number of rotatable bonds is 2. The summed E-state index contributed by atoms with van der Waals surface area (Å²) in [7, 11) is 0. The van der Waals surface area contributed by atoms with Gasteiger partial charge in [0.25, 0.3) is 0 Å². The first-order valence-electron chi connectivity index (χ1n) is 4.41. The minimum Gasteiger partial charge on any atom is -0.481 e. The van der Waals surface area contributed by atoms with E-state index in [0.717, 1.165) is 0 Å². The van der Waals surface area contributed by atoms with Gasteiger partial charge in [0.05, 0.1) is 11.5 Å². The Labute approximate surface area is 72.4 Å². The predicted octanol–water partition coefficient (Wildman–Crippen LogP) is 1.26. The van der Waals surface area contributed by atoms with Crippen LogP contribution < -0.4 is 0 Å². The Bertz CT molecular complexity index is 188. The van der Waals surface area contributed by atoms with Gasteiger partial charge in [0, 0.05) is 0 Å². The van der Waals surface area contributed by atoms with Crippen molar-refractivity contribution in [2.45, 2.75) is 38.7 Å². The van der Waals surface area contributed by atoms with Crippen molar-refractivity contribution < 1.29 is 15.0 Å². The molecule has 1 aliphatic rings. The third-order valence-corrected chi connectivity index (χ3v) is 2.95. The topological polar surface area (TPSA) is 57.5 Å². The molecule has 0 amide bonds. The average Bonchev–Trinajstić information content (AvgIpc) is 2.33. The van der Waals surface area contributed by atoms with E-state index in [2.05, 4.69) is 0 Å². The first-order valence-corrected chi connectivity index (χ1v) is 4.41. The highest BCUT2D eigenvalue weighted by atomic mass is 16.4. The van der Waals surface area contributed by atoms with Crippen LogP contribution in [0.2, 0.25) is 0 Å². The molecule has 3 nitrogen and oxygen atoms in total. The molecule has 0 aromatic rings. The van der Waals surface area contributed by atoms with Gasteiger partial charge in [-0.1, -0.05) is 13.8 Å². The van der Waals surface area contributed by atoms with Crippen molar-refractivity contribution in [3.05, 3.63) is 0 Å². The van der Waals surface area contributed by atoms with E-state index in [4.69, 9.17) is 5.11 Å². The third kappa shape index (κ3) is 1.61. The SMILES string of the molecule is CC(C)C1(O)CCC(C(=O)O)C1. The van der Waals surface area contributed by atoms with Gasteiger partial charge in [-0.3, -0.25) is 4.79 Å². The molecule has 2 N–H and O–H groups in total. The monoisotopic (exact) mass is 172 g/mol. The second kappa shape index (κ2) is 3.05. The Morgan fingerprint density at radius 2 is 2.17 bits per heavy atom. The Hall–Kier alpha value is -0.570. The summed E-state index contributed by atoms with van der Waals surface area (Å²) < 4.78 is 0. The molecule has 0 radical (unpaired) electrons. The lowest BCUT2D eigenvalue weighted by Gasteiger charge is -2.26. The molecule has 2 unspecified atom stereocenters. The van der Waals surface area contributed by atoms with E-state index in [0.29, 0.717) is 19.3 Å². The van der Waals surface area contributed by atoms with Crippen molar-refractivity contribution >= 4 is 5.97 Å². The van der Waals surface area contributed by atoms with Gasteiger partial charge >= 0.3 is 5.97 Å². The number of hydrogen-bond donors (Lipinski definition) is 2. The Kier molecular flexibility index (Phi) is 2.42. The normalized spacial score (nSPS) is 35.8. The summed E-state index contributed by atoms with van der Waals surface area (Å²) in [4.78, 5) is 10.6. The zero-order chi connectivity index (χ0) is 9.35. The Morgan fingerprint density at radius 3 is 2.42 bits per heavy atom. The summed E-state index contributed by atoms with van der Waals surface area (Å²) >= 11 is 0. The van der Waals surface area contributed by atoms with Crippen LogP contribution in [0, 0.1) is 11.8 Å². The number of carboxylic acid groups (broad SMARTS) is 1. The molecular formula is C9H16O3. The lowest BCUT2D eigenvalue weighted by atomic mass is 9.88. The number of carboxylic acids is 1. The van der Waals surface area contributed by atoms with Crippen LogP contribution in [0.4, 0.5) is 0 Å². The minimum atomic E-state index is -0.772. The van der Waals surface area contributed by atoms with Crippen LogP contribution in [0.25, 0.3) is 0 Å². The maximum Gasteiger partial charge on any atom is 0.306 e. The van der Waals surface area contributed by atoms with Crippen LogP contribution >= 0.6 is 0 Å². The van der Waals surface area contributed by atoms with Crippen molar-refractivity contribution in [3.63, 3.8) is 0 Å². The summed E-state index contributed by atoms with van der Waals surface area (Å²) in [6.45, 7) is 3.87. The zero-order valence-corrected chi connectivity index (χ0v) is 7.58. The molecule has 1 saturated carbocycles. The first-order chi connectivity index (χ1) is 5.46. The maximum absolute atomic E-state index is 10.6. The standard InChI is InChI=1S/C9H16O3/c1-6(2)9(12)4-3-7(5-9)8(10)11/h6-7,12H,3-5H2,1-2H3,(H,10,11). The lowest BCUT2D eigenvalue weighted by molar-refractivity contribution is -0.142. The second-order valence-corrected chi connectivity index (χ2v) is 4.04. The first kappa shape index (κ1) is 9.52. The van der Waals surface area contributed by atoms with Gasteiger partial charge in [0.2, 0.25) is 0 Å². The average molecular weight is 172 g/mol. The molecule has 1 aliphatic carbocycles. The smallest absolute Gasteiger partial charge is 0.306 e. The molecule has 1 fully saturated rings. The summed E-state index contributed by atoms with van der Waals surface area (Å²) in [5, 5.41) is 18.6. The van der Waals surface area contributed by atoms with Gasteiger partial charge in [0.1, 0.15) is 0 Å². The highest BCUT2D eigenvalue weighted by molar-refractivity contribution is 5.70. The van der Waals surface area contributed by atoms with Gasteiger partial charge in [-0.15, -0.1) is 0 Å². The fourth-order valence-corrected chi connectivity index (χ4v) is 1.79. The van der Waals surface area contributed by atoms with Crippen LogP contribution in [-0.4, -0.2) is 21.8 Å². The predicted molar refractivity (Wildman–Crippen MR) is 44.8 cm³/mol. The number of hydrogen-bond acceptors (Lipinski definition) is 2. The Morgan fingerprint density at radius 1 is 1.58 bits per heavy atom. The molecule has 0 heterocycles. The summed E-state index contributed by atoms with van der Waals surface area (Å²) in [5.41, 5.74) is -0.733. The van der Waals surface area contributed by atoms with E-state index in [1.54, 1.807) is 0 Å². The highest BCUT2D eigenvalue weighted by Crippen LogP contribution is 2.39. The highest BCUT2D eigenvalue weighted by Gasteiger charge is 2.42. The van der Waals surface area contributed by atoms with Crippen LogP contribution in [0.15, 0.2) is 0 Å². The molecule has 1 rings (SSSR count). The van der Waals surface area contributed by atoms with Crippen LogP contribution in [0.5, 0.6) is 0 Å². The quantitative estimate of drug-likeness (QED) is 0.659. The van der Waals surface area contributed by atoms with E-state index in [1.165, 1.54) is 0 Å². The van der Waals surface area contributed by atoms with Crippen LogP contribution in [0.1, 0.15) is 33.1 Å². The lowest BCUT2D eigenvalue weighted by Crippen LogP contribution is -2.32. The summed E-state index contributed by atoms with van der Waals surface area (Å²) in [6, 6.07) is 0. The number of aliphatic hydroxyl groups is 1.